The van der Waals surface area contributed by atoms with Crippen LogP contribution in [0.5, 0.6) is 0 Å². The molecule has 0 radical (unpaired) electrons. The fourth-order valence-electron chi connectivity index (χ4n) is 0.204. The maximum absolute atomic E-state index is 10.1. The molecule has 0 spiro atoms. The molecule has 0 saturated carbocycles. The van der Waals surface area contributed by atoms with E-state index in [9.17, 15) is 14.7 Å². The Balaban J connectivity index is 0. The van der Waals surface area contributed by atoms with Crippen molar-refractivity contribution in [1.29, 1.82) is 0 Å². The number of esters is 1. The first-order valence-corrected chi connectivity index (χ1v) is 2.14. The second-order valence-electron chi connectivity index (χ2n) is 1.18. The Bertz CT molecular complexity index is 152. The number of rotatable bonds is 2. The molecular weight excluding hydrogens is 189 g/mol. The van der Waals surface area contributed by atoms with E-state index in [1.54, 1.807) is 0 Å². The average Bonchev–Trinajstić information content (AvgIpc) is 1.83. The molecule has 0 aromatic carbocycles. The number of aliphatic carboxylic acids is 1. The number of ether oxygens (including phenoxy) is 1. The topological polar surface area (TPSA) is 66.4 Å². The van der Waals surface area contributed by atoms with Gasteiger partial charge in [0.1, 0.15) is 0 Å². The van der Waals surface area contributed by atoms with Crippen molar-refractivity contribution in [3.63, 3.8) is 0 Å². The van der Waals surface area contributed by atoms with Crippen LogP contribution in [0.2, 0.25) is 0 Å². The Morgan fingerprint density at radius 3 is 2.20 bits per heavy atom. The molecule has 0 unspecified atom stereocenters. The number of carbonyl (C=O) groups is 2. The molecule has 0 amide bonds. The van der Waals surface area contributed by atoms with Crippen molar-refractivity contribution in [2.24, 2.45) is 0 Å². The van der Waals surface area contributed by atoms with Gasteiger partial charge in [-0.1, -0.05) is 0 Å². The minimum atomic E-state index is -1.42. The Hall–Kier alpha value is -0.697. The van der Waals surface area contributed by atoms with E-state index < -0.39 is 11.9 Å². The molecule has 0 saturated heterocycles. The second kappa shape index (κ2) is 6.42. The molecule has 0 fully saturated rings. The van der Waals surface area contributed by atoms with Crippen molar-refractivity contribution in [3.8, 4) is 0 Å². The van der Waals surface area contributed by atoms with Crippen molar-refractivity contribution in [3.05, 3.63) is 12.2 Å². The number of carbonyl (C=O) groups excluding carboxylic acids is 2. The van der Waals surface area contributed by atoms with Crippen LogP contribution in [0.25, 0.3) is 0 Å². The molecule has 0 aliphatic heterocycles. The summed E-state index contributed by atoms with van der Waals surface area (Å²) in [7, 11) is 1.15. The van der Waals surface area contributed by atoms with E-state index in [4.69, 9.17) is 0 Å². The van der Waals surface area contributed by atoms with Gasteiger partial charge < -0.3 is 14.6 Å². The smallest absolute Gasteiger partial charge is 0.330 e. The Labute approximate surface area is 70.6 Å². The summed E-state index contributed by atoms with van der Waals surface area (Å²) in [5.41, 5.74) is 0. The van der Waals surface area contributed by atoms with Crippen molar-refractivity contribution in [2.75, 3.05) is 7.11 Å². The van der Waals surface area contributed by atoms with E-state index in [0.29, 0.717) is 6.08 Å². The zero-order chi connectivity index (χ0) is 7.28. The number of carboxylic acids is 1. The van der Waals surface area contributed by atoms with Crippen LogP contribution in [0, 0.1) is 0 Å². The molecule has 0 aliphatic rings. The van der Waals surface area contributed by atoms with Crippen molar-refractivity contribution >= 4 is 11.9 Å². The third kappa shape index (κ3) is 7.30. The van der Waals surface area contributed by atoms with Gasteiger partial charge >= 0.3 is 5.97 Å². The van der Waals surface area contributed by atoms with Gasteiger partial charge in [-0.25, -0.2) is 4.79 Å². The quantitative estimate of drug-likeness (QED) is 0.304. The van der Waals surface area contributed by atoms with Gasteiger partial charge in [0.2, 0.25) is 0 Å². The third-order valence-corrected chi connectivity index (χ3v) is 0.557. The second-order valence-corrected chi connectivity index (χ2v) is 1.18. The molecule has 0 aliphatic carbocycles. The fraction of sp³-hybridized carbons (Fsp3) is 0.200. The minimum absolute atomic E-state index is 0. The van der Waals surface area contributed by atoms with Crippen LogP contribution in [0.3, 0.4) is 0 Å². The predicted molar refractivity (Wildman–Crippen MR) is 26.2 cm³/mol. The molecule has 4 nitrogen and oxygen atoms in total. The van der Waals surface area contributed by atoms with Gasteiger partial charge in [0, 0.05) is 25.6 Å². The van der Waals surface area contributed by atoms with Crippen molar-refractivity contribution in [1.82, 2.24) is 0 Å². The first-order valence-electron chi connectivity index (χ1n) is 2.14. The number of hydrogen-bond donors (Lipinski definition) is 0. The van der Waals surface area contributed by atoms with E-state index in [2.05, 4.69) is 4.74 Å². The van der Waals surface area contributed by atoms with Gasteiger partial charge in [-0.05, 0) is 6.08 Å². The monoisotopic (exact) mass is 193 g/mol. The van der Waals surface area contributed by atoms with Gasteiger partial charge in [-0.3, -0.25) is 0 Å². The zero-order valence-electron chi connectivity index (χ0n) is 5.49. The van der Waals surface area contributed by atoms with Crippen molar-refractivity contribution in [2.45, 2.75) is 0 Å². The van der Waals surface area contributed by atoms with Gasteiger partial charge in [-0.15, -0.1) is 0 Å². The zero-order valence-corrected chi connectivity index (χ0v) is 8.46. The Morgan fingerprint density at radius 1 is 1.40 bits per heavy atom. The van der Waals surface area contributed by atoms with E-state index in [1.165, 1.54) is 0 Å². The van der Waals surface area contributed by atoms with Crippen LogP contribution in [0.1, 0.15) is 0 Å². The number of carboxylic acid groups (broad SMARTS) is 1. The summed E-state index contributed by atoms with van der Waals surface area (Å²) in [6, 6.07) is 0. The first kappa shape index (κ1) is 12.0. The van der Waals surface area contributed by atoms with Crippen molar-refractivity contribution < 1.29 is 38.9 Å². The molecule has 0 N–H and O–H groups in total. The van der Waals surface area contributed by atoms with Crippen LogP contribution in [0.4, 0.5) is 0 Å². The third-order valence-electron chi connectivity index (χ3n) is 0.557. The van der Waals surface area contributed by atoms with E-state index >= 15 is 0 Å². The predicted octanol–water partition coefficient (Wildman–Crippen LogP) is -1.54. The first-order chi connectivity index (χ1) is 4.16. The summed E-state index contributed by atoms with van der Waals surface area (Å²) in [5.74, 6) is -2.13. The molecule has 5 heteroatoms. The maximum atomic E-state index is 10.1. The van der Waals surface area contributed by atoms with Crippen LogP contribution in [0.15, 0.2) is 12.2 Å². The SMILES string of the molecule is COC(=O)/C=C\C(=O)[O-].[Zn]. The van der Waals surface area contributed by atoms with Gasteiger partial charge in [0.25, 0.3) is 0 Å². The summed E-state index contributed by atoms with van der Waals surface area (Å²) in [5, 5.41) is 9.61. The summed E-state index contributed by atoms with van der Waals surface area (Å²) in [4.78, 5) is 19.7. The van der Waals surface area contributed by atoms with E-state index in [0.717, 1.165) is 13.2 Å². The normalized spacial score (nSPS) is 8.50. The molecule has 0 aromatic rings. The standard InChI is InChI=1S/C5H6O4.Zn/c1-9-5(8)3-2-4(6)7;/h2-3H,1H3,(H,6,7);/p-1/b3-2-;. The van der Waals surface area contributed by atoms with Crippen LogP contribution < -0.4 is 5.11 Å². The number of hydrogen-bond acceptors (Lipinski definition) is 4. The van der Waals surface area contributed by atoms with Gasteiger partial charge in [0.05, 0.1) is 13.1 Å². The molecule has 10 heavy (non-hydrogen) atoms. The molecule has 0 bridgehead atoms. The van der Waals surface area contributed by atoms with E-state index in [1.807, 2.05) is 0 Å². The summed E-state index contributed by atoms with van der Waals surface area (Å²) in [6.07, 6.45) is 1.38. The maximum Gasteiger partial charge on any atom is 0.330 e. The summed E-state index contributed by atoms with van der Waals surface area (Å²) < 4.78 is 4.08. The molecular formula is C5H5O4Zn-. The summed E-state index contributed by atoms with van der Waals surface area (Å²) >= 11 is 0. The van der Waals surface area contributed by atoms with Crippen LogP contribution in [-0.2, 0) is 33.8 Å². The van der Waals surface area contributed by atoms with Gasteiger partial charge in [-0.2, -0.15) is 0 Å². The van der Waals surface area contributed by atoms with Gasteiger partial charge in [0.15, 0.2) is 0 Å². The van der Waals surface area contributed by atoms with Crippen LogP contribution >= 0.6 is 0 Å². The van der Waals surface area contributed by atoms with Crippen LogP contribution in [-0.4, -0.2) is 19.0 Å². The summed E-state index contributed by atoms with van der Waals surface area (Å²) in [6.45, 7) is 0. The Kier molecular flexibility index (Phi) is 7.72. The molecule has 0 atom stereocenters. The largest absolute Gasteiger partial charge is 0.545 e. The minimum Gasteiger partial charge on any atom is -0.545 e. The molecule has 0 aromatic heterocycles. The Morgan fingerprint density at radius 2 is 1.90 bits per heavy atom. The number of methoxy groups -OCH3 is 1. The molecule has 0 rings (SSSR count). The molecule has 52 valence electrons. The molecule has 0 heterocycles. The fourth-order valence-corrected chi connectivity index (χ4v) is 0.204. The van der Waals surface area contributed by atoms with E-state index in [-0.39, 0.29) is 19.5 Å². The average molecular weight is 194 g/mol.